The lowest BCUT2D eigenvalue weighted by atomic mass is 10.1. The van der Waals surface area contributed by atoms with E-state index in [1.807, 2.05) is 6.07 Å². The van der Waals surface area contributed by atoms with E-state index < -0.39 is 29.6 Å². The lowest BCUT2D eigenvalue weighted by Crippen LogP contribution is -2.22. The molecule has 0 saturated carbocycles. The lowest BCUT2D eigenvalue weighted by molar-refractivity contribution is -0.127. The highest BCUT2D eigenvalue weighted by molar-refractivity contribution is 5.80. The summed E-state index contributed by atoms with van der Waals surface area (Å²) in [5, 5.41) is 14.1. The number of H-pyrrole nitrogens is 1. The largest absolute Gasteiger partial charge is 0.493 e. The van der Waals surface area contributed by atoms with Crippen molar-refractivity contribution in [2.75, 3.05) is 0 Å². The molecular formula is C15H12F3N3O2. The highest BCUT2D eigenvalue weighted by Crippen LogP contribution is 2.30. The van der Waals surface area contributed by atoms with Crippen molar-refractivity contribution in [2.45, 2.75) is 19.5 Å². The molecule has 0 unspecified atom stereocenters. The van der Waals surface area contributed by atoms with Gasteiger partial charge in [0, 0.05) is 5.56 Å². The van der Waals surface area contributed by atoms with Crippen LogP contribution in [-0.4, -0.2) is 25.9 Å². The summed E-state index contributed by atoms with van der Waals surface area (Å²) in [6.07, 6.45) is -6.13. The molecule has 8 heteroatoms. The van der Waals surface area contributed by atoms with Crippen molar-refractivity contribution in [3.05, 3.63) is 51.9 Å². The molecule has 0 aliphatic rings. The number of hydrogen-bond acceptors (Lipinski definition) is 3. The zero-order chi connectivity index (χ0) is 16.8. The van der Waals surface area contributed by atoms with Gasteiger partial charge in [-0.15, -0.1) is 0 Å². The van der Waals surface area contributed by atoms with Gasteiger partial charge in [-0.2, -0.15) is 22.8 Å². The van der Waals surface area contributed by atoms with Crippen molar-refractivity contribution in [3.63, 3.8) is 0 Å². The maximum absolute atomic E-state index is 12.6. The summed E-state index contributed by atoms with van der Waals surface area (Å²) in [6, 6.07) is 8.95. The number of halogens is 3. The summed E-state index contributed by atoms with van der Waals surface area (Å²) in [6.45, 7) is 1.65. The minimum atomic E-state index is -4.61. The molecule has 3 aromatic rings. The number of aromatic amines is 1. The Bertz CT molecular complexity index is 927. The minimum absolute atomic E-state index is 0.155. The molecule has 3 rings (SSSR count). The molecule has 2 aromatic heterocycles. The van der Waals surface area contributed by atoms with E-state index in [2.05, 4.69) is 10.1 Å². The molecule has 2 N–H and O–H groups in total. The van der Waals surface area contributed by atoms with Crippen LogP contribution in [0, 0.1) is 6.92 Å². The second kappa shape index (κ2) is 5.15. The maximum atomic E-state index is 12.6. The summed E-state index contributed by atoms with van der Waals surface area (Å²) < 4.78 is 38.6. The molecular weight excluding hydrogens is 311 g/mol. The van der Waals surface area contributed by atoms with E-state index in [1.54, 1.807) is 31.2 Å². The third-order valence-electron chi connectivity index (χ3n) is 3.48. The standard InChI is InChI=1S/C15H12F3N3O2/c1-8-11(9-5-3-2-4-6-9)12-19-13(22)10(7-15(16,17)18)14(23)21(12)20-8/h2-6,23H,7H2,1H3,(H,19,22). The van der Waals surface area contributed by atoms with Crippen molar-refractivity contribution in [3.8, 4) is 17.0 Å². The molecule has 23 heavy (non-hydrogen) atoms. The SMILES string of the molecule is Cc1nn2c(O)c(CC(F)(F)F)c(=O)[nH]c2c1-c1ccccc1. The topological polar surface area (TPSA) is 70.4 Å². The van der Waals surface area contributed by atoms with Gasteiger partial charge >= 0.3 is 6.18 Å². The highest BCUT2D eigenvalue weighted by atomic mass is 19.4. The Morgan fingerprint density at radius 2 is 1.91 bits per heavy atom. The zero-order valence-electron chi connectivity index (χ0n) is 12.0. The Morgan fingerprint density at radius 3 is 2.52 bits per heavy atom. The first kappa shape index (κ1) is 15.1. The Hall–Kier alpha value is -2.77. The van der Waals surface area contributed by atoms with Gasteiger partial charge in [0.2, 0.25) is 5.88 Å². The molecule has 0 spiro atoms. The molecule has 0 amide bonds. The fourth-order valence-corrected chi connectivity index (χ4v) is 2.52. The predicted molar refractivity (Wildman–Crippen MR) is 77.4 cm³/mol. The predicted octanol–water partition coefficient (Wildman–Crippen LogP) is 2.81. The van der Waals surface area contributed by atoms with Crippen LogP contribution < -0.4 is 5.56 Å². The number of nitrogens with one attached hydrogen (secondary N) is 1. The fourth-order valence-electron chi connectivity index (χ4n) is 2.52. The lowest BCUT2D eigenvalue weighted by Gasteiger charge is -2.08. The van der Waals surface area contributed by atoms with E-state index in [9.17, 15) is 23.1 Å². The number of aryl methyl sites for hydroxylation is 1. The molecule has 0 radical (unpaired) electrons. The highest BCUT2D eigenvalue weighted by Gasteiger charge is 2.32. The van der Waals surface area contributed by atoms with E-state index in [0.29, 0.717) is 11.3 Å². The summed E-state index contributed by atoms with van der Waals surface area (Å²) in [5.74, 6) is -0.800. The van der Waals surface area contributed by atoms with Crippen LogP contribution in [0.1, 0.15) is 11.3 Å². The van der Waals surface area contributed by atoms with Crippen molar-refractivity contribution in [1.29, 1.82) is 0 Å². The normalized spacial score (nSPS) is 12.0. The Morgan fingerprint density at radius 1 is 1.26 bits per heavy atom. The third kappa shape index (κ3) is 2.67. The number of fused-ring (bicyclic) bond motifs is 1. The number of alkyl halides is 3. The number of hydrogen-bond donors (Lipinski definition) is 2. The number of rotatable bonds is 2. The van der Waals surface area contributed by atoms with E-state index in [4.69, 9.17) is 0 Å². The number of benzene rings is 1. The summed E-state index contributed by atoms with van der Waals surface area (Å²) in [4.78, 5) is 14.4. The zero-order valence-corrected chi connectivity index (χ0v) is 12.0. The van der Waals surface area contributed by atoms with Gasteiger partial charge in [0.25, 0.3) is 5.56 Å². The molecule has 120 valence electrons. The second-order valence-electron chi connectivity index (χ2n) is 5.14. The van der Waals surface area contributed by atoms with Crippen molar-refractivity contribution in [2.24, 2.45) is 0 Å². The first-order chi connectivity index (χ1) is 10.8. The van der Waals surface area contributed by atoms with E-state index in [1.165, 1.54) is 0 Å². The summed E-state index contributed by atoms with van der Waals surface area (Å²) in [5.41, 5.74) is 0.181. The van der Waals surface area contributed by atoms with Crippen molar-refractivity contribution >= 4 is 5.65 Å². The molecule has 1 aromatic carbocycles. The van der Waals surface area contributed by atoms with Gasteiger partial charge in [0.1, 0.15) is 5.65 Å². The minimum Gasteiger partial charge on any atom is -0.493 e. The number of nitrogens with zero attached hydrogens (tertiary/aromatic N) is 2. The maximum Gasteiger partial charge on any atom is 0.393 e. The van der Waals surface area contributed by atoms with Gasteiger partial charge in [0.05, 0.1) is 17.7 Å². The smallest absolute Gasteiger partial charge is 0.393 e. The van der Waals surface area contributed by atoms with Gasteiger partial charge in [-0.3, -0.25) is 4.79 Å². The first-order valence-corrected chi connectivity index (χ1v) is 6.73. The van der Waals surface area contributed by atoms with E-state index in [-0.39, 0.29) is 5.65 Å². The van der Waals surface area contributed by atoms with Gasteiger partial charge < -0.3 is 10.1 Å². The Labute approximate surface area is 128 Å². The monoisotopic (exact) mass is 323 g/mol. The Balaban J connectivity index is 2.28. The molecule has 5 nitrogen and oxygen atoms in total. The quantitative estimate of drug-likeness (QED) is 0.762. The second-order valence-corrected chi connectivity index (χ2v) is 5.14. The van der Waals surface area contributed by atoms with E-state index >= 15 is 0 Å². The van der Waals surface area contributed by atoms with Crippen LogP contribution >= 0.6 is 0 Å². The molecule has 0 bridgehead atoms. The molecule has 0 saturated heterocycles. The van der Waals surface area contributed by atoms with E-state index in [0.717, 1.165) is 10.1 Å². The third-order valence-corrected chi connectivity index (χ3v) is 3.48. The van der Waals surface area contributed by atoms with Crippen LogP contribution in [0.15, 0.2) is 35.1 Å². The summed E-state index contributed by atoms with van der Waals surface area (Å²) in [7, 11) is 0. The first-order valence-electron chi connectivity index (χ1n) is 6.73. The van der Waals surface area contributed by atoms with Gasteiger partial charge in [0.15, 0.2) is 0 Å². The molecule has 0 atom stereocenters. The van der Waals surface area contributed by atoms with Gasteiger partial charge in [-0.25, -0.2) is 0 Å². The van der Waals surface area contributed by atoms with Crippen LogP contribution in [0.5, 0.6) is 5.88 Å². The van der Waals surface area contributed by atoms with Crippen LogP contribution in [0.4, 0.5) is 13.2 Å². The van der Waals surface area contributed by atoms with Crippen LogP contribution in [0.3, 0.4) is 0 Å². The van der Waals surface area contributed by atoms with Crippen LogP contribution in [0.25, 0.3) is 16.8 Å². The van der Waals surface area contributed by atoms with Gasteiger partial charge in [-0.05, 0) is 12.5 Å². The van der Waals surface area contributed by atoms with Crippen molar-refractivity contribution < 1.29 is 18.3 Å². The molecule has 0 aliphatic heterocycles. The molecule has 0 fully saturated rings. The van der Waals surface area contributed by atoms with Crippen LogP contribution in [0.2, 0.25) is 0 Å². The number of aromatic hydroxyl groups is 1. The number of aromatic nitrogens is 3. The Kier molecular flexibility index (Phi) is 3.39. The average Bonchev–Trinajstić information content (AvgIpc) is 2.80. The average molecular weight is 323 g/mol. The van der Waals surface area contributed by atoms with Gasteiger partial charge in [-0.1, -0.05) is 30.3 Å². The van der Waals surface area contributed by atoms with Crippen LogP contribution in [-0.2, 0) is 6.42 Å². The molecule has 2 heterocycles. The summed E-state index contributed by atoms with van der Waals surface area (Å²) >= 11 is 0. The van der Waals surface area contributed by atoms with Crippen molar-refractivity contribution in [1.82, 2.24) is 14.6 Å². The fraction of sp³-hybridized carbons (Fsp3) is 0.200. The molecule has 0 aliphatic carbocycles.